The van der Waals surface area contributed by atoms with Crippen LogP contribution in [0, 0.1) is 0 Å². The molecule has 9 heteroatoms. The molecule has 0 radical (unpaired) electrons. The van der Waals surface area contributed by atoms with Crippen LogP contribution in [0.3, 0.4) is 0 Å². The van der Waals surface area contributed by atoms with E-state index in [4.69, 9.17) is 23.2 Å². The third-order valence-corrected chi connectivity index (χ3v) is 4.85. The van der Waals surface area contributed by atoms with Gasteiger partial charge in [-0.05, 0) is 25.1 Å². The van der Waals surface area contributed by atoms with E-state index in [1.165, 1.54) is 34.9 Å². The van der Waals surface area contributed by atoms with Gasteiger partial charge in [-0.15, -0.1) is 0 Å². The Morgan fingerprint density at radius 3 is 2.48 bits per heavy atom. The number of fused-ring (bicyclic) bond motifs is 1. The molecule has 2 N–H and O–H groups in total. The summed E-state index contributed by atoms with van der Waals surface area (Å²) in [5.74, 6) is -1.02. The minimum Gasteiger partial charge on any atom is -0.391 e. The maximum Gasteiger partial charge on any atom is 0.254 e. The van der Waals surface area contributed by atoms with Crippen LogP contribution < -0.4 is 5.32 Å². The van der Waals surface area contributed by atoms with Crippen molar-refractivity contribution in [1.82, 2.24) is 15.1 Å². The van der Waals surface area contributed by atoms with Crippen LogP contribution in [-0.4, -0.2) is 70.4 Å². The number of benzene rings is 1. The Kier molecular flexibility index (Phi) is 4.90. The molecule has 2 heterocycles. The number of rotatable bonds is 2. The van der Waals surface area contributed by atoms with Crippen LogP contribution in [0.1, 0.15) is 17.3 Å². The number of nitrogens with one attached hydrogen (secondary N) is 1. The van der Waals surface area contributed by atoms with Crippen LogP contribution in [0.15, 0.2) is 18.2 Å². The number of aliphatic hydroxyl groups is 1. The summed E-state index contributed by atoms with van der Waals surface area (Å²) in [5.41, 5.74) is 0.329. The number of hydrogen-bond donors (Lipinski definition) is 2. The van der Waals surface area contributed by atoms with Crippen LogP contribution in [0.4, 0.5) is 0 Å². The Balaban J connectivity index is 1.78. The summed E-state index contributed by atoms with van der Waals surface area (Å²) in [6.07, 6.45) is -0.981. The van der Waals surface area contributed by atoms with E-state index in [9.17, 15) is 19.5 Å². The normalized spacial score (nSPS) is 24.6. The number of nitrogens with zero attached hydrogens (tertiary/aromatic N) is 2. The van der Waals surface area contributed by atoms with E-state index < -0.39 is 18.2 Å². The standard InChI is InChI=1S/C16H17Cl2N3O4/c1-8(22)13-16(25)21-3-2-20(7-12(21)14(23)19-13)15(24)9-4-10(17)6-11(18)5-9/h4-6,8,12-13,22H,2-3,7H2,1H3,(H,19,23)/t8-,12-,13+/m1/s1. The number of hydrogen-bond acceptors (Lipinski definition) is 4. The van der Waals surface area contributed by atoms with E-state index in [-0.39, 0.29) is 37.4 Å². The number of piperazine rings is 2. The molecule has 7 nitrogen and oxygen atoms in total. The number of halogens is 2. The van der Waals surface area contributed by atoms with Crippen LogP contribution in [-0.2, 0) is 9.59 Å². The quantitative estimate of drug-likeness (QED) is 0.776. The first-order chi connectivity index (χ1) is 11.8. The monoisotopic (exact) mass is 385 g/mol. The van der Waals surface area contributed by atoms with Crippen molar-refractivity contribution in [3.8, 4) is 0 Å². The second-order valence-electron chi connectivity index (χ2n) is 6.18. The summed E-state index contributed by atoms with van der Waals surface area (Å²) in [6.45, 7) is 2.03. The Morgan fingerprint density at radius 2 is 1.88 bits per heavy atom. The molecule has 2 saturated heterocycles. The molecule has 1 aromatic carbocycles. The van der Waals surface area contributed by atoms with Gasteiger partial charge in [-0.3, -0.25) is 14.4 Å². The Labute approximate surface area is 154 Å². The molecule has 2 aliphatic heterocycles. The first-order valence-corrected chi connectivity index (χ1v) is 8.58. The van der Waals surface area contributed by atoms with Crippen molar-refractivity contribution >= 4 is 40.9 Å². The predicted octanol–water partition coefficient (Wildman–Crippen LogP) is 0.526. The highest BCUT2D eigenvalue weighted by Gasteiger charge is 2.45. The van der Waals surface area contributed by atoms with Gasteiger partial charge < -0.3 is 20.2 Å². The maximum atomic E-state index is 12.7. The van der Waals surface area contributed by atoms with Gasteiger partial charge in [0.15, 0.2) is 0 Å². The van der Waals surface area contributed by atoms with Crippen molar-refractivity contribution in [3.05, 3.63) is 33.8 Å². The number of carbonyl (C=O) groups excluding carboxylic acids is 3. The molecule has 25 heavy (non-hydrogen) atoms. The summed E-state index contributed by atoms with van der Waals surface area (Å²) in [7, 11) is 0. The summed E-state index contributed by atoms with van der Waals surface area (Å²) in [6, 6.07) is 2.84. The minimum atomic E-state index is -0.981. The molecular weight excluding hydrogens is 369 g/mol. The van der Waals surface area contributed by atoms with Gasteiger partial charge in [0, 0.05) is 28.7 Å². The molecule has 0 aliphatic carbocycles. The highest BCUT2D eigenvalue weighted by Crippen LogP contribution is 2.23. The minimum absolute atomic E-state index is 0.0765. The molecule has 0 saturated carbocycles. The van der Waals surface area contributed by atoms with Crippen molar-refractivity contribution < 1.29 is 19.5 Å². The average molecular weight is 386 g/mol. The van der Waals surface area contributed by atoms with Crippen molar-refractivity contribution in [1.29, 1.82) is 0 Å². The Bertz CT molecular complexity index is 720. The second kappa shape index (κ2) is 6.82. The molecule has 1 aromatic rings. The lowest BCUT2D eigenvalue weighted by Crippen LogP contribution is -2.71. The smallest absolute Gasteiger partial charge is 0.254 e. The molecule has 0 bridgehead atoms. The number of carbonyl (C=O) groups is 3. The molecule has 3 atom stereocenters. The zero-order chi connectivity index (χ0) is 18.3. The van der Waals surface area contributed by atoms with Crippen molar-refractivity contribution in [2.45, 2.75) is 25.1 Å². The lowest BCUT2D eigenvalue weighted by atomic mass is 10.0. The van der Waals surface area contributed by atoms with E-state index in [2.05, 4.69) is 5.32 Å². The molecule has 3 amide bonds. The van der Waals surface area contributed by atoms with Gasteiger partial charge in [-0.25, -0.2) is 0 Å². The van der Waals surface area contributed by atoms with Crippen molar-refractivity contribution in [2.75, 3.05) is 19.6 Å². The first-order valence-electron chi connectivity index (χ1n) is 7.82. The molecule has 2 aliphatic rings. The third kappa shape index (κ3) is 3.44. The second-order valence-corrected chi connectivity index (χ2v) is 7.06. The topological polar surface area (TPSA) is 89.9 Å². The lowest BCUT2D eigenvalue weighted by molar-refractivity contribution is -0.155. The Morgan fingerprint density at radius 1 is 1.24 bits per heavy atom. The van der Waals surface area contributed by atoms with Gasteiger partial charge >= 0.3 is 0 Å². The summed E-state index contributed by atoms with van der Waals surface area (Å²) >= 11 is 11.9. The van der Waals surface area contributed by atoms with Crippen LogP contribution in [0.5, 0.6) is 0 Å². The van der Waals surface area contributed by atoms with Crippen LogP contribution in [0.25, 0.3) is 0 Å². The molecule has 134 valence electrons. The molecular formula is C16H17Cl2N3O4. The molecule has 0 aromatic heterocycles. The fourth-order valence-corrected chi connectivity index (χ4v) is 3.66. The lowest BCUT2D eigenvalue weighted by Gasteiger charge is -2.45. The zero-order valence-corrected chi connectivity index (χ0v) is 14.9. The molecule has 3 rings (SSSR count). The first kappa shape index (κ1) is 18.0. The van der Waals surface area contributed by atoms with E-state index in [1.807, 2.05) is 0 Å². The van der Waals surface area contributed by atoms with Gasteiger partial charge in [0.25, 0.3) is 5.91 Å². The summed E-state index contributed by atoms with van der Waals surface area (Å²) in [4.78, 5) is 40.3. The maximum absolute atomic E-state index is 12.7. The number of aliphatic hydroxyl groups excluding tert-OH is 1. The van der Waals surface area contributed by atoms with Gasteiger partial charge in [0.05, 0.1) is 12.6 Å². The van der Waals surface area contributed by atoms with E-state index in [1.54, 1.807) is 0 Å². The van der Waals surface area contributed by atoms with Crippen molar-refractivity contribution in [3.63, 3.8) is 0 Å². The highest BCUT2D eigenvalue weighted by molar-refractivity contribution is 6.35. The summed E-state index contributed by atoms with van der Waals surface area (Å²) < 4.78 is 0. The van der Waals surface area contributed by atoms with E-state index >= 15 is 0 Å². The van der Waals surface area contributed by atoms with Gasteiger partial charge in [0.1, 0.15) is 12.1 Å². The van der Waals surface area contributed by atoms with Crippen molar-refractivity contribution in [2.24, 2.45) is 0 Å². The molecule has 0 spiro atoms. The van der Waals surface area contributed by atoms with E-state index in [0.29, 0.717) is 15.6 Å². The van der Waals surface area contributed by atoms with Crippen LogP contribution in [0.2, 0.25) is 10.0 Å². The van der Waals surface area contributed by atoms with E-state index in [0.717, 1.165) is 0 Å². The molecule has 2 fully saturated rings. The van der Waals surface area contributed by atoms with Gasteiger partial charge in [0.2, 0.25) is 11.8 Å². The Hall–Kier alpha value is -1.83. The number of amides is 3. The van der Waals surface area contributed by atoms with Gasteiger partial charge in [-0.2, -0.15) is 0 Å². The van der Waals surface area contributed by atoms with Gasteiger partial charge in [-0.1, -0.05) is 23.2 Å². The predicted molar refractivity (Wildman–Crippen MR) is 91.5 cm³/mol. The SMILES string of the molecule is C[C@@H](O)[C@@H]1NC(=O)[C@H]2CN(C(=O)c3cc(Cl)cc(Cl)c3)CCN2C1=O. The molecule has 0 unspecified atom stereocenters. The fraction of sp³-hybridized carbons (Fsp3) is 0.438. The average Bonchev–Trinajstić information content (AvgIpc) is 2.55. The zero-order valence-electron chi connectivity index (χ0n) is 13.4. The van der Waals surface area contributed by atoms with Crippen LogP contribution >= 0.6 is 23.2 Å². The summed E-state index contributed by atoms with van der Waals surface area (Å²) in [5, 5.41) is 12.9. The fourth-order valence-electron chi connectivity index (χ4n) is 3.13. The largest absolute Gasteiger partial charge is 0.391 e. The highest BCUT2D eigenvalue weighted by atomic mass is 35.5. The third-order valence-electron chi connectivity index (χ3n) is 4.41.